The molecule has 0 heterocycles. The lowest BCUT2D eigenvalue weighted by Crippen LogP contribution is -2.16. The molecule has 0 aliphatic carbocycles. The van der Waals surface area contributed by atoms with Crippen molar-refractivity contribution in [2.24, 2.45) is 0 Å². The first kappa shape index (κ1) is 15.9. The van der Waals surface area contributed by atoms with Crippen LogP contribution in [0.1, 0.15) is 22.3 Å². The molecule has 0 aromatic heterocycles. The fourth-order valence-electron chi connectivity index (χ4n) is 1.94. The summed E-state index contributed by atoms with van der Waals surface area (Å²) in [5.41, 5.74) is 0.650. The fraction of sp³-hybridized carbons (Fsp3) is 0.143. The monoisotopic (exact) mass is 288 g/mol. The van der Waals surface area contributed by atoms with Gasteiger partial charge in [-0.15, -0.1) is 13.2 Å². The normalized spacial score (nSPS) is 10.4. The van der Waals surface area contributed by atoms with Crippen LogP contribution in [-0.2, 0) is 17.4 Å². The molecule has 0 bridgehead atoms. The minimum atomic E-state index is -4.55. The van der Waals surface area contributed by atoms with Crippen molar-refractivity contribution in [1.29, 1.82) is 10.5 Å². The number of hydrogen-bond acceptors (Lipinski definition) is 3. The topological polar surface area (TPSA) is 105 Å². The zero-order valence-corrected chi connectivity index (χ0v) is 11.6. The minimum Gasteiger partial charge on any atom is -0.321 e. The largest absolute Gasteiger partial charge is 0.356 e. The van der Waals surface area contributed by atoms with Crippen molar-refractivity contribution in [3.63, 3.8) is 0 Å². The third-order valence-corrected chi connectivity index (χ3v) is 3.77. The molecule has 20 heavy (non-hydrogen) atoms. The van der Waals surface area contributed by atoms with E-state index in [0.29, 0.717) is 5.56 Å². The van der Waals surface area contributed by atoms with E-state index in [-0.39, 0.29) is 34.8 Å². The van der Waals surface area contributed by atoms with E-state index < -0.39 is 7.60 Å². The second-order valence-electron chi connectivity index (χ2n) is 4.04. The Labute approximate surface area is 117 Å². The van der Waals surface area contributed by atoms with Crippen LogP contribution in [0.3, 0.4) is 0 Å². The highest BCUT2D eigenvalue weighted by Crippen LogP contribution is 2.37. The Morgan fingerprint density at radius 2 is 1.70 bits per heavy atom. The van der Waals surface area contributed by atoms with Crippen LogP contribution in [-0.4, -0.2) is 9.79 Å². The second-order valence-corrected chi connectivity index (χ2v) is 5.61. The average molecular weight is 288 g/mol. The van der Waals surface area contributed by atoms with Crippen LogP contribution in [0, 0.1) is 22.7 Å². The molecular weight excluding hydrogens is 275 g/mol. The zero-order chi connectivity index (χ0) is 15.3. The van der Waals surface area contributed by atoms with Gasteiger partial charge < -0.3 is 9.79 Å². The van der Waals surface area contributed by atoms with Gasteiger partial charge in [0.15, 0.2) is 0 Å². The Morgan fingerprint density at radius 1 is 1.15 bits per heavy atom. The lowest BCUT2D eigenvalue weighted by molar-refractivity contribution is 0.387. The van der Waals surface area contributed by atoms with E-state index in [9.17, 15) is 24.9 Å². The first-order valence-electron chi connectivity index (χ1n) is 5.67. The number of allylic oxidation sites excluding steroid dienone is 2. The van der Waals surface area contributed by atoms with Gasteiger partial charge in [0.2, 0.25) is 0 Å². The summed E-state index contributed by atoms with van der Waals surface area (Å²) in [6, 6.07) is 5.06. The first-order chi connectivity index (χ1) is 9.40. The highest BCUT2D eigenvalue weighted by atomic mass is 31.2. The number of rotatable bonds is 5. The van der Waals surface area contributed by atoms with Crippen molar-refractivity contribution in [3.05, 3.63) is 53.6 Å². The Bertz CT molecular complexity index is 690. The third kappa shape index (κ3) is 3.04. The standard InChI is InChI=1S/C14H13N2O3P/c1-3-5-10-7-14(20(17,18)19)11(6-4-2)13(9-16)12(10)8-15/h3-4,7H,1-2,5-6H2,(H2,17,18,19). The van der Waals surface area contributed by atoms with Gasteiger partial charge >= 0.3 is 7.60 Å². The molecule has 1 aromatic carbocycles. The summed E-state index contributed by atoms with van der Waals surface area (Å²) in [7, 11) is -4.55. The molecule has 6 heteroatoms. The molecule has 5 nitrogen and oxygen atoms in total. The summed E-state index contributed by atoms with van der Waals surface area (Å²) in [6.45, 7) is 7.04. The SMILES string of the molecule is C=CCc1cc(P(=O)(O)O)c(CC=C)c(C#N)c1C#N. The van der Waals surface area contributed by atoms with Crippen LogP contribution in [0.25, 0.3) is 0 Å². The van der Waals surface area contributed by atoms with Gasteiger partial charge in [-0.2, -0.15) is 10.5 Å². The van der Waals surface area contributed by atoms with E-state index in [4.69, 9.17) is 0 Å². The Hall–Kier alpha value is -2.17. The third-order valence-electron chi connectivity index (χ3n) is 2.74. The van der Waals surface area contributed by atoms with Crippen molar-refractivity contribution in [2.75, 3.05) is 0 Å². The van der Waals surface area contributed by atoms with E-state index in [1.807, 2.05) is 12.1 Å². The van der Waals surface area contributed by atoms with E-state index in [1.165, 1.54) is 18.2 Å². The minimum absolute atomic E-state index is 0.00919. The van der Waals surface area contributed by atoms with Gasteiger partial charge in [0.1, 0.15) is 12.1 Å². The molecule has 2 N–H and O–H groups in total. The summed E-state index contributed by atoms with van der Waals surface area (Å²) in [6.07, 6.45) is 3.29. The van der Waals surface area contributed by atoms with Crippen LogP contribution in [0.2, 0.25) is 0 Å². The van der Waals surface area contributed by atoms with E-state index >= 15 is 0 Å². The molecule has 0 fully saturated rings. The number of nitrogens with zero attached hydrogens (tertiary/aromatic N) is 2. The van der Waals surface area contributed by atoms with Crippen LogP contribution >= 0.6 is 7.60 Å². The van der Waals surface area contributed by atoms with Crippen molar-refractivity contribution < 1.29 is 14.4 Å². The van der Waals surface area contributed by atoms with Gasteiger partial charge in [-0.1, -0.05) is 12.2 Å². The molecular formula is C14H13N2O3P. The van der Waals surface area contributed by atoms with Gasteiger partial charge in [0.05, 0.1) is 16.4 Å². The quantitative estimate of drug-likeness (QED) is 0.633. The van der Waals surface area contributed by atoms with Crippen LogP contribution in [0.4, 0.5) is 0 Å². The molecule has 0 saturated heterocycles. The lowest BCUT2D eigenvalue weighted by Gasteiger charge is -2.15. The predicted octanol–water partition coefficient (Wildman–Crippen LogP) is 1.69. The summed E-state index contributed by atoms with van der Waals surface area (Å²) in [5, 5.41) is 18.2. The average Bonchev–Trinajstić information content (AvgIpc) is 2.38. The van der Waals surface area contributed by atoms with Gasteiger partial charge in [0.25, 0.3) is 0 Å². The predicted molar refractivity (Wildman–Crippen MR) is 75.4 cm³/mol. The molecule has 0 radical (unpaired) electrons. The second kappa shape index (κ2) is 6.32. The number of benzene rings is 1. The Kier molecular flexibility index (Phi) is 5.02. The van der Waals surface area contributed by atoms with Gasteiger partial charge in [-0.25, -0.2) is 0 Å². The van der Waals surface area contributed by atoms with Crippen molar-refractivity contribution in [1.82, 2.24) is 0 Å². The summed E-state index contributed by atoms with van der Waals surface area (Å²) >= 11 is 0. The molecule has 1 rings (SSSR count). The smallest absolute Gasteiger partial charge is 0.321 e. The van der Waals surface area contributed by atoms with Gasteiger partial charge in [0, 0.05) is 0 Å². The first-order valence-corrected chi connectivity index (χ1v) is 7.28. The molecule has 0 unspecified atom stereocenters. The summed E-state index contributed by atoms with van der Waals surface area (Å²) < 4.78 is 11.6. The molecule has 0 saturated carbocycles. The fourth-order valence-corrected chi connectivity index (χ4v) is 2.82. The summed E-state index contributed by atoms with van der Waals surface area (Å²) in [4.78, 5) is 18.9. The van der Waals surface area contributed by atoms with E-state index in [1.54, 1.807) is 0 Å². The van der Waals surface area contributed by atoms with Crippen LogP contribution in [0.15, 0.2) is 31.4 Å². The Balaban J connectivity index is 3.86. The highest BCUT2D eigenvalue weighted by Gasteiger charge is 2.26. The maximum atomic E-state index is 11.6. The van der Waals surface area contributed by atoms with E-state index in [0.717, 1.165) is 0 Å². The van der Waals surface area contributed by atoms with Gasteiger partial charge in [-0.05, 0) is 30.0 Å². The van der Waals surface area contributed by atoms with Crippen molar-refractivity contribution in [3.8, 4) is 12.1 Å². The van der Waals surface area contributed by atoms with Gasteiger partial charge in [-0.3, -0.25) is 4.57 Å². The summed E-state index contributed by atoms with van der Waals surface area (Å²) in [5.74, 6) is 0. The number of nitriles is 2. The molecule has 0 atom stereocenters. The maximum Gasteiger partial charge on any atom is 0.356 e. The van der Waals surface area contributed by atoms with Crippen molar-refractivity contribution in [2.45, 2.75) is 12.8 Å². The number of hydrogen-bond donors (Lipinski definition) is 2. The molecule has 0 aliphatic heterocycles. The molecule has 0 amide bonds. The lowest BCUT2D eigenvalue weighted by atomic mass is 9.94. The highest BCUT2D eigenvalue weighted by molar-refractivity contribution is 7.60. The Morgan fingerprint density at radius 3 is 2.10 bits per heavy atom. The van der Waals surface area contributed by atoms with E-state index in [2.05, 4.69) is 13.2 Å². The van der Waals surface area contributed by atoms with Crippen molar-refractivity contribution >= 4 is 12.9 Å². The molecule has 102 valence electrons. The molecule has 1 aromatic rings. The molecule has 0 aliphatic rings. The molecule has 0 spiro atoms. The zero-order valence-electron chi connectivity index (χ0n) is 10.7. The van der Waals surface area contributed by atoms with Crippen LogP contribution in [0.5, 0.6) is 0 Å². The van der Waals surface area contributed by atoms with Crippen LogP contribution < -0.4 is 5.30 Å². The maximum absolute atomic E-state index is 11.6.